The normalized spacial score (nSPS) is 13.1. The van der Waals surface area contributed by atoms with Gasteiger partial charge in [0.25, 0.3) is 0 Å². The molecular weight excluding hydrogens is 410 g/mol. The van der Waals surface area contributed by atoms with Crippen LogP contribution in [0.1, 0.15) is 24.0 Å². The van der Waals surface area contributed by atoms with Crippen molar-refractivity contribution in [2.75, 3.05) is 12.9 Å². The molecule has 31 heavy (non-hydrogen) atoms. The molecule has 0 unspecified atom stereocenters. The van der Waals surface area contributed by atoms with Gasteiger partial charge >= 0.3 is 0 Å². The average Bonchev–Trinajstić information content (AvgIpc) is 2.93. The van der Waals surface area contributed by atoms with Crippen LogP contribution in [0.4, 0.5) is 0 Å². The van der Waals surface area contributed by atoms with E-state index in [1.165, 1.54) is 29.5 Å². The molecule has 4 rings (SSSR count). The number of sulfone groups is 1. The van der Waals surface area contributed by atoms with Crippen molar-refractivity contribution in [1.29, 1.82) is 0 Å². The summed E-state index contributed by atoms with van der Waals surface area (Å²) in [6, 6.07) is 22.8. The first kappa shape index (κ1) is 21.1. The highest BCUT2D eigenvalue weighted by Gasteiger charge is 2.22. The second kappa shape index (κ2) is 8.94. The molecule has 0 saturated heterocycles. The lowest BCUT2D eigenvalue weighted by atomic mass is 9.97. The number of hydrogen-bond donors (Lipinski definition) is 0. The fraction of sp³-hybridized carbons (Fsp3) is 0.240. The van der Waals surface area contributed by atoms with E-state index in [0.29, 0.717) is 38.3 Å². The van der Waals surface area contributed by atoms with E-state index >= 15 is 0 Å². The highest BCUT2D eigenvalue weighted by molar-refractivity contribution is 7.90. The van der Waals surface area contributed by atoms with E-state index in [4.69, 9.17) is 4.74 Å². The molecule has 3 aromatic carbocycles. The Morgan fingerprint density at radius 3 is 1.97 bits per heavy atom. The van der Waals surface area contributed by atoms with Crippen molar-refractivity contribution in [1.82, 2.24) is 4.90 Å². The van der Waals surface area contributed by atoms with Crippen LogP contribution in [0, 0.1) is 0 Å². The SMILES string of the molecule is CS(=O)(=O)c1ccc(OCCCC(=O)N2Cc3ccccc3-c3ccccc3C2)cc1. The molecule has 0 aliphatic carbocycles. The van der Waals surface area contributed by atoms with Crippen molar-refractivity contribution in [2.45, 2.75) is 30.8 Å². The van der Waals surface area contributed by atoms with Gasteiger partial charge in [-0.05, 0) is 52.9 Å². The van der Waals surface area contributed by atoms with Gasteiger partial charge in [0.05, 0.1) is 11.5 Å². The molecular formula is C25H25NO4S. The molecule has 1 amide bonds. The van der Waals surface area contributed by atoms with E-state index in [0.717, 1.165) is 11.1 Å². The maximum absolute atomic E-state index is 12.9. The average molecular weight is 436 g/mol. The summed E-state index contributed by atoms with van der Waals surface area (Å²) in [5.74, 6) is 0.694. The Labute approximate surface area is 183 Å². The second-order valence-electron chi connectivity index (χ2n) is 7.76. The summed E-state index contributed by atoms with van der Waals surface area (Å²) in [7, 11) is -3.22. The third-order valence-electron chi connectivity index (χ3n) is 5.46. The molecule has 6 heteroatoms. The lowest BCUT2D eigenvalue weighted by Crippen LogP contribution is -2.29. The first-order chi connectivity index (χ1) is 14.9. The van der Waals surface area contributed by atoms with Gasteiger partial charge in [0, 0.05) is 25.8 Å². The van der Waals surface area contributed by atoms with Crippen molar-refractivity contribution < 1.29 is 17.9 Å². The Bertz CT molecular complexity index is 1140. The molecule has 0 fully saturated rings. The van der Waals surface area contributed by atoms with Crippen LogP contribution >= 0.6 is 0 Å². The Hall–Kier alpha value is -3.12. The summed E-state index contributed by atoms with van der Waals surface area (Å²) < 4.78 is 28.7. The summed E-state index contributed by atoms with van der Waals surface area (Å²) in [5, 5.41) is 0. The van der Waals surface area contributed by atoms with E-state index in [2.05, 4.69) is 24.3 Å². The van der Waals surface area contributed by atoms with Crippen LogP contribution in [0.3, 0.4) is 0 Å². The number of ether oxygens (including phenoxy) is 1. The molecule has 1 aliphatic rings. The standard InChI is InChI=1S/C25H25NO4S/c1-31(28,29)22-14-12-21(13-15-22)30-16-6-11-25(27)26-17-19-7-2-4-9-23(19)24-10-5-3-8-20(24)18-26/h2-5,7-10,12-15H,6,11,16-18H2,1H3. The van der Waals surface area contributed by atoms with Crippen molar-refractivity contribution in [3.05, 3.63) is 83.9 Å². The Kier molecular flexibility index (Phi) is 6.09. The lowest BCUT2D eigenvalue weighted by Gasteiger charge is -2.21. The van der Waals surface area contributed by atoms with E-state index in [1.54, 1.807) is 12.1 Å². The number of fused-ring (bicyclic) bond motifs is 3. The van der Waals surface area contributed by atoms with Gasteiger partial charge in [-0.1, -0.05) is 48.5 Å². The fourth-order valence-electron chi connectivity index (χ4n) is 3.84. The van der Waals surface area contributed by atoms with Gasteiger partial charge in [-0.25, -0.2) is 8.42 Å². The van der Waals surface area contributed by atoms with Crippen molar-refractivity contribution in [3.8, 4) is 16.9 Å². The highest BCUT2D eigenvalue weighted by atomic mass is 32.2. The number of carbonyl (C=O) groups excluding carboxylic acids is 1. The molecule has 0 bridgehead atoms. The molecule has 1 aliphatic heterocycles. The first-order valence-corrected chi connectivity index (χ1v) is 12.2. The second-order valence-corrected chi connectivity index (χ2v) is 9.78. The molecule has 0 atom stereocenters. The van der Waals surface area contributed by atoms with Gasteiger partial charge in [0.2, 0.25) is 5.91 Å². The molecule has 0 spiro atoms. The van der Waals surface area contributed by atoms with E-state index in [-0.39, 0.29) is 10.8 Å². The minimum atomic E-state index is -3.22. The van der Waals surface area contributed by atoms with Crippen LogP contribution < -0.4 is 4.74 Å². The number of carbonyl (C=O) groups is 1. The number of hydrogen-bond acceptors (Lipinski definition) is 4. The monoisotopic (exact) mass is 435 g/mol. The van der Waals surface area contributed by atoms with Crippen LogP contribution in [0.15, 0.2) is 77.7 Å². The van der Waals surface area contributed by atoms with Gasteiger partial charge in [-0.3, -0.25) is 4.79 Å². The van der Waals surface area contributed by atoms with Gasteiger partial charge < -0.3 is 9.64 Å². The molecule has 1 heterocycles. The quantitative estimate of drug-likeness (QED) is 0.537. The zero-order valence-electron chi connectivity index (χ0n) is 17.5. The number of nitrogens with zero attached hydrogens (tertiary/aromatic N) is 1. The van der Waals surface area contributed by atoms with Crippen LogP contribution in [0.2, 0.25) is 0 Å². The van der Waals surface area contributed by atoms with Gasteiger partial charge in [-0.15, -0.1) is 0 Å². The van der Waals surface area contributed by atoms with E-state index in [1.807, 2.05) is 29.2 Å². The third-order valence-corrected chi connectivity index (χ3v) is 6.58. The predicted molar refractivity (Wildman–Crippen MR) is 120 cm³/mol. The molecule has 0 N–H and O–H groups in total. The summed E-state index contributed by atoms with van der Waals surface area (Å²) in [6.07, 6.45) is 2.16. The summed E-state index contributed by atoms with van der Waals surface area (Å²) in [4.78, 5) is 15.1. The van der Waals surface area contributed by atoms with Gasteiger partial charge in [0.15, 0.2) is 9.84 Å². The Balaban J connectivity index is 1.36. The molecule has 0 saturated carbocycles. The maximum Gasteiger partial charge on any atom is 0.223 e. The van der Waals surface area contributed by atoms with Crippen LogP contribution in [-0.4, -0.2) is 32.1 Å². The summed E-state index contributed by atoms with van der Waals surface area (Å²) >= 11 is 0. The first-order valence-electron chi connectivity index (χ1n) is 10.3. The van der Waals surface area contributed by atoms with E-state index < -0.39 is 9.84 Å². The Morgan fingerprint density at radius 2 is 1.42 bits per heavy atom. The largest absolute Gasteiger partial charge is 0.494 e. The lowest BCUT2D eigenvalue weighted by molar-refractivity contribution is -0.132. The predicted octanol–water partition coefficient (Wildman–Crippen LogP) is 4.46. The zero-order chi connectivity index (χ0) is 21.8. The topological polar surface area (TPSA) is 63.7 Å². The molecule has 0 aromatic heterocycles. The van der Waals surface area contributed by atoms with Gasteiger partial charge in [0.1, 0.15) is 5.75 Å². The molecule has 3 aromatic rings. The number of rotatable bonds is 6. The minimum Gasteiger partial charge on any atom is -0.494 e. The van der Waals surface area contributed by atoms with Crippen molar-refractivity contribution >= 4 is 15.7 Å². The highest BCUT2D eigenvalue weighted by Crippen LogP contribution is 2.32. The third kappa shape index (κ3) is 4.97. The van der Waals surface area contributed by atoms with Crippen LogP contribution in [0.25, 0.3) is 11.1 Å². The summed E-state index contributed by atoms with van der Waals surface area (Å²) in [5.41, 5.74) is 4.69. The Morgan fingerprint density at radius 1 is 0.871 bits per heavy atom. The minimum absolute atomic E-state index is 0.0996. The number of amides is 1. The van der Waals surface area contributed by atoms with Crippen LogP contribution in [0.5, 0.6) is 5.75 Å². The van der Waals surface area contributed by atoms with E-state index in [9.17, 15) is 13.2 Å². The molecule has 5 nitrogen and oxygen atoms in total. The van der Waals surface area contributed by atoms with Crippen LogP contribution in [-0.2, 0) is 27.7 Å². The van der Waals surface area contributed by atoms with Crippen molar-refractivity contribution in [2.24, 2.45) is 0 Å². The molecule has 160 valence electrons. The number of benzene rings is 3. The zero-order valence-corrected chi connectivity index (χ0v) is 18.3. The fourth-order valence-corrected chi connectivity index (χ4v) is 4.47. The molecule has 0 radical (unpaired) electrons. The summed E-state index contributed by atoms with van der Waals surface area (Å²) in [6.45, 7) is 1.58. The maximum atomic E-state index is 12.9. The smallest absolute Gasteiger partial charge is 0.223 e. The van der Waals surface area contributed by atoms with Gasteiger partial charge in [-0.2, -0.15) is 0 Å². The van der Waals surface area contributed by atoms with Crippen molar-refractivity contribution in [3.63, 3.8) is 0 Å².